The molecule has 0 bridgehead atoms. The summed E-state index contributed by atoms with van der Waals surface area (Å²) in [4.78, 5) is 4.71. The molecule has 0 radical (unpaired) electrons. The van der Waals surface area contributed by atoms with Crippen LogP contribution in [0.4, 0.5) is 0 Å². The predicted octanol–water partition coefficient (Wildman–Crippen LogP) is 3.73. The lowest BCUT2D eigenvalue weighted by Crippen LogP contribution is -2.45. The quantitative estimate of drug-likeness (QED) is 0.620. The van der Waals surface area contributed by atoms with Gasteiger partial charge in [0.2, 0.25) is 0 Å². The minimum atomic E-state index is 0.349. The summed E-state index contributed by atoms with van der Waals surface area (Å²) in [5.74, 6) is 0.837. The zero-order valence-corrected chi connectivity index (χ0v) is 16.6. The number of aryl methyl sites for hydroxylation is 1. The van der Waals surface area contributed by atoms with E-state index in [1.165, 1.54) is 11.3 Å². The van der Waals surface area contributed by atoms with Crippen LogP contribution in [0.3, 0.4) is 0 Å². The molecule has 1 atom stereocenters. The van der Waals surface area contributed by atoms with Gasteiger partial charge in [-0.25, -0.2) is 4.99 Å². The van der Waals surface area contributed by atoms with Crippen molar-refractivity contribution >= 4 is 17.6 Å². The molecule has 0 saturated carbocycles. The summed E-state index contributed by atoms with van der Waals surface area (Å²) < 4.78 is 2.07. The summed E-state index contributed by atoms with van der Waals surface area (Å²) >= 11 is 6.24. The summed E-state index contributed by atoms with van der Waals surface area (Å²) in [5.41, 5.74) is 3.63. The molecule has 140 valence electrons. The van der Waals surface area contributed by atoms with Crippen LogP contribution in [0, 0.1) is 0 Å². The Bertz CT molecular complexity index is 765. The number of halogens is 1. The van der Waals surface area contributed by atoms with Crippen LogP contribution in [-0.4, -0.2) is 28.3 Å². The molecule has 26 heavy (non-hydrogen) atoms. The normalized spacial score (nSPS) is 17.3. The second-order valence-electron chi connectivity index (χ2n) is 7.05. The van der Waals surface area contributed by atoms with Gasteiger partial charge >= 0.3 is 0 Å². The molecular formula is C20H28ClN5. The average Bonchev–Trinajstić information content (AvgIpc) is 3.05. The number of aliphatic imine (C=N–C) groups is 1. The zero-order chi connectivity index (χ0) is 18.5. The Morgan fingerprint density at radius 1 is 1.38 bits per heavy atom. The Kier molecular flexibility index (Phi) is 6.20. The largest absolute Gasteiger partial charge is 0.357 e. The van der Waals surface area contributed by atoms with E-state index in [0.29, 0.717) is 18.6 Å². The van der Waals surface area contributed by atoms with Crippen LogP contribution in [0.1, 0.15) is 50.1 Å². The van der Waals surface area contributed by atoms with Crippen molar-refractivity contribution < 1.29 is 0 Å². The van der Waals surface area contributed by atoms with Crippen molar-refractivity contribution in [3.05, 3.63) is 52.3 Å². The lowest BCUT2D eigenvalue weighted by Gasteiger charge is -2.24. The van der Waals surface area contributed by atoms with E-state index < -0.39 is 0 Å². The number of nitrogens with zero attached hydrogens (tertiary/aromatic N) is 3. The van der Waals surface area contributed by atoms with Crippen LogP contribution in [0.15, 0.2) is 35.5 Å². The summed E-state index contributed by atoms with van der Waals surface area (Å²) in [6.45, 7) is 7.80. The maximum atomic E-state index is 6.24. The standard InChI is InChI=1S/C20H28ClN5/c1-4-22-20(23-12-15-7-5-6-8-18(15)21)24-17-10-9-16-13-26(14(2)3)25-19(16)11-17/h5-8,13-14,17H,4,9-12H2,1-3H3,(H2,22,23,24). The molecular weight excluding hydrogens is 346 g/mol. The maximum Gasteiger partial charge on any atom is 0.191 e. The highest BCUT2D eigenvalue weighted by Crippen LogP contribution is 2.22. The minimum absolute atomic E-state index is 0.349. The Hall–Kier alpha value is -2.01. The number of hydrogen-bond acceptors (Lipinski definition) is 2. The van der Waals surface area contributed by atoms with E-state index in [9.17, 15) is 0 Å². The van der Waals surface area contributed by atoms with E-state index in [0.717, 1.165) is 42.4 Å². The number of aromatic nitrogens is 2. The van der Waals surface area contributed by atoms with Crippen molar-refractivity contribution in [1.29, 1.82) is 0 Å². The van der Waals surface area contributed by atoms with Crippen LogP contribution < -0.4 is 10.6 Å². The molecule has 0 saturated heterocycles. The van der Waals surface area contributed by atoms with Gasteiger partial charge in [0.25, 0.3) is 0 Å². The van der Waals surface area contributed by atoms with Crippen molar-refractivity contribution in [2.75, 3.05) is 6.54 Å². The first-order valence-corrected chi connectivity index (χ1v) is 9.79. The Balaban J connectivity index is 1.66. The molecule has 0 fully saturated rings. The summed E-state index contributed by atoms with van der Waals surface area (Å²) in [6, 6.07) is 8.60. The number of hydrogen-bond donors (Lipinski definition) is 2. The first-order chi connectivity index (χ1) is 12.6. The molecule has 3 rings (SSSR count). The first-order valence-electron chi connectivity index (χ1n) is 9.42. The van der Waals surface area contributed by atoms with Gasteiger partial charge in [-0.1, -0.05) is 29.8 Å². The average molecular weight is 374 g/mol. The third-order valence-electron chi connectivity index (χ3n) is 4.68. The van der Waals surface area contributed by atoms with Gasteiger partial charge < -0.3 is 10.6 Å². The van der Waals surface area contributed by atoms with Crippen LogP contribution in [0.2, 0.25) is 5.02 Å². The fourth-order valence-electron chi connectivity index (χ4n) is 3.20. The van der Waals surface area contributed by atoms with Crippen LogP contribution in [0.5, 0.6) is 0 Å². The van der Waals surface area contributed by atoms with Crippen LogP contribution >= 0.6 is 11.6 Å². The Morgan fingerprint density at radius 3 is 2.92 bits per heavy atom. The van der Waals surface area contributed by atoms with Gasteiger partial charge in [0.05, 0.1) is 12.2 Å². The van der Waals surface area contributed by atoms with Crippen molar-refractivity contribution in [3.8, 4) is 0 Å². The molecule has 1 heterocycles. The molecule has 0 amide bonds. The van der Waals surface area contributed by atoms with Gasteiger partial charge in [0.1, 0.15) is 0 Å². The van der Waals surface area contributed by atoms with Gasteiger partial charge in [-0.05, 0) is 50.8 Å². The molecule has 6 heteroatoms. The third kappa shape index (κ3) is 4.58. The van der Waals surface area contributed by atoms with Gasteiger partial charge in [-0.2, -0.15) is 5.10 Å². The summed E-state index contributed by atoms with van der Waals surface area (Å²) in [7, 11) is 0. The Labute approximate surface area is 160 Å². The van der Waals surface area contributed by atoms with Crippen LogP contribution in [-0.2, 0) is 19.4 Å². The number of benzene rings is 1. The summed E-state index contributed by atoms with van der Waals surface area (Å²) in [6.07, 6.45) is 5.29. The molecule has 1 aliphatic rings. The van der Waals surface area contributed by atoms with Gasteiger partial charge in [-0.15, -0.1) is 0 Å². The van der Waals surface area contributed by atoms with Gasteiger partial charge in [-0.3, -0.25) is 4.68 Å². The van der Waals surface area contributed by atoms with E-state index in [1.807, 2.05) is 24.3 Å². The highest BCUT2D eigenvalue weighted by Gasteiger charge is 2.23. The molecule has 2 aromatic rings. The summed E-state index contributed by atoms with van der Waals surface area (Å²) in [5, 5.41) is 12.4. The first kappa shape index (κ1) is 18.8. The molecule has 1 aliphatic carbocycles. The maximum absolute atomic E-state index is 6.24. The third-order valence-corrected chi connectivity index (χ3v) is 5.05. The number of fused-ring (bicyclic) bond motifs is 1. The van der Waals surface area contributed by atoms with Crippen molar-refractivity contribution in [1.82, 2.24) is 20.4 Å². The van der Waals surface area contributed by atoms with E-state index in [4.69, 9.17) is 21.7 Å². The lowest BCUT2D eigenvalue weighted by atomic mass is 9.94. The molecule has 2 N–H and O–H groups in total. The topological polar surface area (TPSA) is 54.2 Å². The second-order valence-corrected chi connectivity index (χ2v) is 7.45. The molecule has 1 aromatic heterocycles. The lowest BCUT2D eigenvalue weighted by molar-refractivity contribution is 0.499. The van der Waals surface area contributed by atoms with Crippen molar-refractivity contribution in [2.24, 2.45) is 4.99 Å². The van der Waals surface area contributed by atoms with E-state index in [2.05, 4.69) is 42.3 Å². The minimum Gasteiger partial charge on any atom is -0.357 e. The zero-order valence-electron chi connectivity index (χ0n) is 15.8. The SMILES string of the molecule is CCNC(=NCc1ccccc1Cl)NC1CCc2cn(C(C)C)nc2C1. The number of rotatable bonds is 5. The number of guanidine groups is 1. The molecule has 1 unspecified atom stereocenters. The van der Waals surface area contributed by atoms with Crippen LogP contribution in [0.25, 0.3) is 0 Å². The smallest absolute Gasteiger partial charge is 0.191 e. The highest BCUT2D eigenvalue weighted by atomic mass is 35.5. The van der Waals surface area contributed by atoms with E-state index in [1.54, 1.807) is 0 Å². The van der Waals surface area contributed by atoms with Gasteiger partial charge in [0, 0.05) is 36.3 Å². The second kappa shape index (κ2) is 8.58. The fourth-order valence-corrected chi connectivity index (χ4v) is 3.40. The molecule has 1 aromatic carbocycles. The molecule has 0 spiro atoms. The fraction of sp³-hybridized carbons (Fsp3) is 0.500. The van der Waals surface area contributed by atoms with Gasteiger partial charge in [0.15, 0.2) is 5.96 Å². The van der Waals surface area contributed by atoms with E-state index in [-0.39, 0.29) is 0 Å². The van der Waals surface area contributed by atoms with E-state index >= 15 is 0 Å². The Morgan fingerprint density at radius 2 is 2.19 bits per heavy atom. The van der Waals surface area contributed by atoms with Crippen molar-refractivity contribution in [3.63, 3.8) is 0 Å². The van der Waals surface area contributed by atoms with Crippen molar-refractivity contribution in [2.45, 2.75) is 58.7 Å². The molecule has 5 nitrogen and oxygen atoms in total. The number of nitrogens with one attached hydrogen (secondary N) is 2. The highest BCUT2D eigenvalue weighted by molar-refractivity contribution is 6.31. The molecule has 0 aliphatic heterocycles. The monoisotopic (exact) mass is 373 g/mol. The predicted molar refractivity (Wildman–Crippen MR) is 108 cm³/mol.